The first-order valence-corrected chi connectivity index (χ1v) is 13.0. The smallest absolute Gasteiger partial charge is 0.145 e. The zero-order valence-electron chi connectivity index (χ0n) is 16.2. The Hall–Kier alpha value is -2.50. The Labute approximate surface area is 160 Å². The van der Waals surface area contributed by atoms with Crippen molar-refractivity contribution < 1.29 is 4.74 Å². The van der Waals surface area contributed by atoms with E-state index in [0.29, 0.717) is 13.2 Å². The lowest BCUT2D eigenvalue weighted by atomic mass is 10.2. The molecular formula is C19H26N6OSi. The van der Waals surface area contributed by atoms with Gasteiger partial charge in [0.05, 0.1) is 18.0 Å². The molecule has 0 spiro atoms. The molecule has 0 amide bonds. The van der Waals surface area contributed by atoms with Crippen LogP contribution in [0.4, 0.5) is 0 Å². The number of nitrogens with zero attached hydrogens (tertiary/aromatic N) is 6. The first kappa shape index (κ1) is 19.3. The van der Waals surface area contributed by atoms with Gasteiger partial charge in [0, 0.05) is 51.0 Å². The molecule has 7 nitrogen and oxygen atoms in total. The van der Waals surface area contributed by atoms with Gasteiger partial charge in [-0.1, -0.05) is 19.6 Å². The largest absolute Gasteiger partial charge is 0.361 e. The summed E-state index contributed by atoms with van der Waals surface area (Å²) in [5, 5.41) is 14.0. The summed E-state index contributed by atoms with van der Waals surface area (Å²) < 4.78 is 9.74. The second kappa shape index (κ2) is 8.46. The van der Waals surface area contributed by atoms with Gasteiger partial charge >= 0.3 is 0 Å². The standard InChI is InChI=1S/C19H26N6OSi/c1-27(2,3)11-10-26-15-24-9-6-17-18(21-14-22-19(17)24)16-12-23-25(13-16)8-5-4-7-20/h6,9,12-14H,4-5,8,10-11,15H2,1-3H3. The van der Waals surface area contributed by atoms with Crippen molar-refractivity contribution in [3.8, 4) is 17.3 Å². The molecule has 3 aromatic heterocycles. The molecule has 0 saturated carbocycles. The van der Waals surface area contributed by atoms with Crippen LogP contribution in [0.25, 0.3) is 22.3 Å². The number of hydrogen-bond donors (Lipinski definition) is 0. The fraction of sp³-hybridized carbons (Fsp3) is 0.474. The Morgan fingerprint density at radius 3 is 2.89 bits per heavy atom. The average Bonchev–Trinajstić information content (AvgIpc) is 3.25. The van der Waals surface area contributed by atoms with Gasteiger partial charge < -0.3 is 9.30 Å². The summed E-state index contributed by atoms with van der Waals surface area (Å²) in [6.45, 7) is 9.05. The van der Waals surface area contributed by atoms with Gasteiger partial charge in [-0.25, -0.2) is 9.97 Å². The third-order valence-corrected chi connectivity index (χ3v) is 6.07. The molecule has 0 aliphatic heterocycles. The van der Waals surface area contributed by atoms with Crippen LogP contribution in [0.2, 0.25) is 25.7 Å². The second-order valence-electron chi connectivity index (χ2n) is 7.85. The summed E-state index contributed by atoms with van der Waals surface area (Å²) in [6, 6.07) is 5.34. The lowest BCUT2D eigenvalue weighted by Gasteiger charge is -2.15. The fourth-order valence-corrected chi connectivity index (χ4v) is 3.56. The van der Waals surface area contributed by atoms with Crippen LogP contribution in [-0.4, -0.2) is 39.0 Å². The minimum atomic E-state index is -1.08. The highest BCUT2D eigenvalue weighted by atomic mass is 28.3. The number of ether oxygens (including phenoxy) is 1. The van der Waals surface area contributed by atoms with E-state index in [1.165, 1.54) is 0 Å². The predicted octanol–water partition coefficient (Wildman–Crippen LogP) is 3.91. The molecule has 3 aromatic rings. The SMILES string of the molecule is C[Si](C)(C)CCOCn1ccc2c(-c3cnn(CCCC#N)c3)ncnc21. The molecule has 0 aliphatic carbocycles. The molecule has 8 heteroatoms. The number of aryl methyl sites for hydroxylation is 1. The Bertz CT molecular complexity index is 934. The molecule has 0 aliphatic rings. The lowest BCUT2D eigenvalue weighted by Crippen LogP contribution is -2.22. The molecule has 27 heavy (non-hydrogen) atoms. The molecule has 0 saturated heterocycles. The van der Waals surface area contributed by atoms with E-state index >= 15 is 0 Å². The molecule has 0 fully saturated rings. The van der Waals surface area contributed by atoms with E-state index in [1.807, 2.05) is 33.9 Å². The van der Waals surface area contributed by atoms with Gasteiger partial charge in [-0.3, -0.25) is 4.68 Å². The molecule has 142 valence electrons. The molecule has 3 heterocycles. The van der Waals surface area contributed by atoms with E-state index < -0.39 is 8.07 Å². The van der Waals surface area contributed by atoms with Crippen LogP contribution >= 0.6 is 0 Å². The summed E-state index contributed by atoms with van der Waals surface area (Å²) in [4.78, 5) is 8.90. The molecule has 0 N–H and O–H groups in total. The van der Waals surface area contributed by atoms with Gasteiger partial charge in [-0.05, 0) is 18.5 Å². The minimum Gasteiger partial charge on any atom is -0.361 e. The molecule has 0 bridgehead atoms. The van der Waals surface area contributed by atoms with Gasteiger partial charge in [-0.2, -0.15) is 10.4 Å². The number of rotatable bonds is 9. The predicted molar refractivity (Wildman–Crippen MR) is 108 cm³/mol. The Morgan fingerprint density at radius 2 is 2.11 bits per heavy atom. The maximum Gasteiger partial charge on any atom is 0.145 e. The van der Waals surface area contributed by atoms with E-state index in [1.54, 1.807) is 6.33 Å². The monoisotopic (exact) mass is 382 g/mol. The van der Waals surface area contributed by atoms with E-state index in [-0.39, 0.29) is 0 Å². The summed E-state index contributed by atoms with van der Waals surface area (Å²) in [5.41, 5.74) is 2.69. The number of fused-ring (bicyclic) bond motifs is 1. The van der Waals surface area contributed by atoms with Crippen molar-refractivity contribution in [2.24, 2.45) is 0 Å². The third kappa shape index (κ3) is 5.02. The van der Waals surface area contributed by atoms with Crippen LogP contribution in [0.1, 0.15) is 12.8 Å². The van der Waals surface area contributed by atoms with E-state index in [0.717, 1.165) is 47.9 Å². The molecule has 0 radical (unpaired) electrons. The van der Waals surface area contributed by atoms with Gasteiger partial charge in [0.2, 0.25) is 0 Å². The highest BCUT2D eigenvalue weighted by Gasteiger charge is 2.14. The molecule has 0 atom stereocenters. The van der Waals surface area contributed by atoms with E-state index in [2.05, 4.69) is 40.8 Å². The maximum absolute atomic E-state index is 8.66. The van der Waals surface area contributed by atoms with Crippen LogP contribution < -0.4 is 0 Å². The molecular weight excluding hydrogens is 356 g/mol. The quantitative estimate of drug-likeness (QED) is 0.414. The summed E-state index contributed by atoms with van der Waals surface area (Å²) in [6.07, 6.45) is 8.70. The molecule has 3 rings (SSSR count). The fourth-order valence-electron chi connectivity index (χ4n) is 2.81. The van der Waals surface area contributed by atoms with Crippen LogP contribution in [0.15, 0.2) is 31.0 Å². The molecule has 0 aromatic carbocycles. The second-order valence-corrected chi connectivity index (χ2v) is 13.5. The third-order valence-electron chi connectivity index (χ3n) is 4.37. The van der Waals surface area contributed by atoms with Crippen molar-refractivity contribution in [2.75, 3.05) is 6.61 Å². The van der Waals surface area contributed by atoms with Crippen LogP contribution in [-0.2, 0) is 18.0 Å². The van der Waals surface area contributed by atoms with Gasteiger partial charge in [-0.15, -0.1) is 0 Å². The summed E-state index contributed by atoms with van der Waals surface area (Å²) in [7, 11) is -1.08. The first-order valence-electron chi connectivity index (χ1n) is 9.25. The maximum atomic E-state index is 8.66. The number of aromatic nitrogens is 5. The van der Waals surface area contributed by atoms with Crippen LogP contribution in [0, 0.1) is 11.3 Å². The zero-order chi connectivity index (χ0) is 19.3. The van der Waals surface area contributed by atoms with Crippen molar-refractivity contribution in [1.29, 1.82) is 5.26 Å². The van der Waals surface area contributed by atoms with Crippen molar-refractivity contribution in [2.45, 2.75) is 51.8 Å². The zero-order valence-corrected chi connectivity index (χ0v) is 17.2. The lowest BCUT2D eigenvalue weighted by molar-refractivity contribution is 0.0899. The van der Waals surface area contributed by atoms with Gasteiger partial charge in [0.1, 0.15) is 18.7 Å². The van der Waals surface area contributed by atoms with Gasteiger partial charge in [0.25, 0.3) is 0 Å². The Kier molecular flexibility index (Phi) is 6.03. The van der Waals surface area contributed by atoms with Crippen molar-refractivity contribution in [3.05, 3.63) is 31.0 Å². The van der Waals surface area contributed by atoms with Crippen molar-refractivity contribution in [1.82, 2.24) is 24.3 Å². The highest BCUT2D eigenvalue weighted by Crippen LogP contribution is 2.25. The number of nitriles is 1. The highest BCUT2D eigenvalue weighted by molar-refractivity contribution is 6.76. The van der Waals surface area contributed by atoms with E-state index in [9.17, 15) is 0 Å². The normalized spacial score (nSPS) is 11.8. The summed E-state index contributed by atoms with van der Waals surface area (Å²) in [5.74, 6) is 0. The van der Waals surface area contributed by atoms with Crippen LogP contribution in [0.3, 0.4) is 0 Å². The average molecular weight is 383 g/mol. The number of hydrogen-bond acceptors (Lipinski definition) is 5. The van der Waals surface area contributed by atoms with Gasteiger partial charge in [0.15, 0.2) is 0 Å². The minimum absolute atomic E-state index is 0.498. The Morgan fingerprint density at radius 1 is 1.26 bits per heavy atom. The molecule has 0 unspecified atom stereocenters. The van der Waals surface area contributed by atoms with Crippen molar-refractivity contribution in [3.63, 3.8) is 0 Å². The Balaban J connectivity index is 1.73. The first-order chi connectivity index (χ1) is 13.0. The van der Waals surface area contributed by atoms with Crippen molar-refractivity contribution >= 4 is 19.1 Å². The van der Waals surface area contributed by atoms with E-state index in [4.69, 9.17) is 10.00 Å². The van der Waals surface area contributed by atoms with Crippen LogP contribution in [0.5, 0.6) is 0 Å². The summed E-state index contributed by atoms with van der Waals surface area (Å²) >= 11 is 0. The topological polar surface area (TPSA) is 81.5 Å². The number of unbranched alkanes of at least 4 members (excludes halogenated alkanes) is 1.